The number of para-hydroxylation sites is 1. The van der Waals surface area contributed by atoms with E-state index in [1.165, 1.54) is 18.2 Å². The first-order valence-corrected chi connectivity index (χ1v) is 6.02. The summed E-state index contributed by atoms with van der Waals surface area (Å²) in [6.45, 7) is 1.90. The van der Waals surface area contributed by atoms with E-state index in [1.807, 2.05) is 6.92 Å². The Kier molecular flexibility index (Phi) is 3.88. The molecule has 0 spiro atoms. The first-order chi connectivity index (χ1) is 9.38. The Bertz CT molecular complexity index is 608. The zero-order chi connectivity index (χ0) is 14.8. The molecule has 0 heterocycles. The average molecular weight is 281 g/mol. The van der Waals surface area contributed by atoms with Crippen molar-refractivity contribution in [2.45, 2.75) is 19.7 Å². The van der Waals surface area contributed by atoms with Gasteiger partial charge >= 0.3 is 6.18 Å². The van der Waals surface area contributed by atoms with Crippen molar-refractivity contribution in [3.63, 3.8) is 0 Å². The summed E-state index contributed by atoms with van der Waals surface area (Å²) in [5.41, 5.74) is 7.20. The molecule has 0 amide bonds. The third-order valence-electron chi connectivity index (χ3n) is 2.92. The maximum absolute atomic E-state index is 12.8. The highest BCUT2D eigenvalue weighted by molar-refractivity contribution is 5.47. The van der Waals surface area contributed by atoms with Crippen molar-refractivity contribution in [3.8, 4) is 5.75 Å². The van der Waals surface area contributed by atoms with Gasteiger partial charge in [-0.25, -0.2) is 0 Å². The highest BCUT2D eigenvalue weighted by atomic mass is 19.4. The van der Waals surface area contributed by atoms with Crippen molar-refractivity contribution in [1.82, 2.24) is 0 Å². The highest BCUT2D eigenvalue weighted by Crippen LogP contribution is 2.36. The molecule has 5 heteroatoms. The van der Waals surface area contributed by atoms with E-state index < -0.39 is 11.7 Å². The Morgan fingerprint density at radius 1 is 1.10 bits per heavy atom. The summed E-state index contributed by atoms with van der Waals surface area (Å²) >= 11 is 0. The van der Waals surface area contributed by atoms with Gasteiger partial charge in [-0.2, -0.15) is 13.2 Å². The van der Waals surface area contributed by atoms with Crippen molar-refractivity contribution >= 4 is 5.69 Å². The van der Waals surface area contributed by atoms with Gasteiger partial charge in [-0.05, 0) is 36.2 Å². The van der Waals surface area contributed by atoms with Crippen LogP contribution >= 0.6 is 0 Å². The average Bonchev–Trinajstić information content (AvgIpc) is 2.39. The lowest BCUT2D eigenvalue weighted by Crippen LogP contribution is -2.08. The fraction of sp³-hybridized carbons (Fsp3) is 0.200. The molecule has 0 fully saturated rings. The van der Waals surface area contributed by atoms with Crippen molar-refractivity contribution in [1.29, 1.82) is 0 Å². The van der Waals surface area contributed by atoms with Crippen molar-refractivity contribution in [2.75, 3.05) is 5.73 Å². The second-order valence-corrected chi connectivity index (χ2v) is 4.47. The smallest absolute Gasteiger partial charge is 0.419 e. The molecule has 2 nitrogen and oxygen atoms in total. The zero-order valence-corrected chi connectivity index (χ0v) is 10.9. The molecular formula is C15H14F3NO. The number of halogens is 3. The summed E-state index contributed by atoms with van der Waals surface area (Å²) in [5.74, 6) is -0.172. The maximum atomic E-state index is 12.8. The molecule has 20 heavy (non-hydrogen) atoms. The van der Waals surface area contributed by atoms with Gasteiger partial charge < -0.3 is 10.5 Å². The molecule has 0 unspecified atom stereocenters. The van der Waals surface area contributed by atoms with Gasteiger partial charge in [0.05, 0.1) is 5.56 Å². The molecule has 0 aliphatic heterocycles. The molecule has 0 aliphatic rings. The molecule has 106 valence electrons. The molecule has 2 rings (SSSR count). The van der Waals surface area contributed by atoms with Crippen LogP contribution in [0.15, 0.2) is 42.5 Å². The van der Waals surface area contributed by atoms with E-state index in [1.54, 1.807) is 18.2 Å². The number of nitrogens with two attached hydrogens (primary N) is 1. The van der Waals surface area contributed by atoms with E-state index in [-0.39, 0.29) is 12.4 Å². The van der Waals surface area contributed by atoms with Crippen LogP contribution in [0.3, 0.4) is 0 Å². The minimum atomic E-state index is -4.42. The fourth-order valence-corrected chi connectivity index (χ4v) is 1.82. The number of aryl methyl sites for hydroxylation is 1. The lowest BCUT2D eigenvalue weighted by molar-refractivity contribution is -0.139. The van der Waals surface area contributed by atoms with Gasteiger partial charge in [0.15, 0.2) is 0 Å². The van der Waals surface area contributed by atoms with Gasteiger partial charge in [0.25, 0.3) is 0 Å². The van der Waals surface area contributed by atoms with Crippen LogP contribution in [0.1, 0.15) is 16.7 Å². The van der Waals surface area contributed by atoms with E-state index >= 15 is 0 Å². The minimum Gasteiger partial charge on any atom is -0.488 e. The Balaban J connectivity index is 2.17. The van der Waals surface area contributed by atoms with E-state index in [4.69, 9.17) is 10.5 Å². The summed E-state index contributed by atoms with van der Waals surface area (Å²) in [7, 11) is 0. The molecule has 2 aromatic rings. The summed E-state index contributed by atoms with van der Waals surface area (Å²) in [6.07, 6.45) is -4.42. The Labute approximate surface area is 115 Å². The van der Waals surface area contributed by atoms with Crippen LogP contribution < -0.4 is 10.5 Å². The first-order valence-electron chi connectivity index (χ1n) is 6.02. The van der Waals surface area contributed by atoms with Gasteiger partial charge in [-0.15, -0.1) is 0 Å². The second-order valence-electron chi connectivity index (χ2n) is 4.47. The quantitative estimate of drug-likeness (QED) is 0.857. The molecule has 2 N–H and O–H groups in total. The maximum Gasteiger partial charge on any atom is 0.419 e. The Hall–Kier alpha value is -2.17. The number of hydrogen-bond donors (Lipinski definition) is 1. The number of hydrogen-bond acceptors (Lipinski definition) is 2. The summed E-state index contributed by atoms with van der Waals surface area (Å²) in [5, 5.41) is 0. The number of anilines is 1. The molecular weight excluding hydrogens is 267 g/mol. The summed E-state index contributed by atoms with van der Waals surface area (Å²) in [6, 6.07) is 10.4. The minimum absolute atomic E-state index is 0.0637. The van der Waals surface area contributed by atoms with Crippen molar-refractivity contribution < 1.29 is 17.9 Å². The van der Waals surface area contributed by atoms with Gasteiger partial charge in [0.2, 0.25) is 0 Å². The van der Waals surface area contributed by atoms with Gasteiger partial charge in [0.1, 0.15) is 12.4 Å². The van der Waals surface area contributed by atoms with Crippen LogP contribution in [0.25, 0.3) is 0 Å². The molecule has 0 saturated heterocycles. The zero-order valence-electron chi connectivity index (χ0n) is 10.9. The number of nitrogen functional groups attached to an aromatic ring is 1. The molecule has 0 radical (unpaired) electrons. The van der Waals surface area contributed by atoms with E-state index in [2.05, 4.69) is 0 Å². The number of alkyl halides is 3. The van der Waals surface area contributed by atoms with Crippen LogP contribution in [-0.4, -0.2) is 0 Å². The van der Waals surface area contributed by atoms with Gasteiger partial charge in [-0.3, -0.25) is 0 Å². The molecule has 0 bridgehead atoms. The molecule has 0 atom stereocenters. The molecule has 0 saturated carbocycles. The lowest BCUT2D eigenvalue weighted by Gasteiger charge is -2.14. The topological polar surface area (TPSA) is 35.2 Å². The summed E-state index contributed by atoms with van der Waals surface area (Å²) < 4.78 is 43.7. The van der Waals surface area contributed by atoms with Crippen molar-refractivity contribution in [3.05, 3.63) is 59.2 Å². The monoisotopic (exact) mass is 281 g/mol. The number of ether oxygens (including phenoxy) is 1. The SMILES string of the molecule is Cc1cc(COc2ccccc2C(F)(F)F)ccc1N. The lowest BCUT2D eigenvalue weighted by atomic mass is 10.1. The largest absolute Gasteiger partial charge is 0.488 e. The van der Waals surface area contributed by atoms with E-state index in [0.717, 1.165) is 17.2 Å². The van der Waals surface area contributed by atoms with E-state index in [9.17, 15) is 13.2 Å². The van der Waals surface area contributed by atoms with Gasteiger partial charge in [-0.1, -0.05) is 24.3 Å². The first kappa shape index (κ1) is 14.2. The van der Waals surface area contributed by atoms with Crippen LogP contribution in [-0.2, 0) is 12.8 Å². The molecule has 2 aromatic carbocycles. The van der Waals surface area contributed by atoms with Crippen LogP contribution in [0.2, 0.25) is 0 Å². The molecule has 0 aromatic heterocycles. The predicted molar refractivity (Wildman–Crippen MR) is 71.4 cm³/mol. The standard InChI is InChI=1S/C15H14F3NO/c1-10-8-11(6-7-13(10)19)9-20-14-5-3-2-4-12(14)15(16,17)18/h2-8H,9,19H2,1H3. The Morgan fingerprint density at radius 2 is 1.80 bits per heavy atom. The van der Waals surface area contributed by atoms with Gasteiger partial charge in [0, 0.05) is 5.69 Å². The van der Waals surface area contributed by atoms with Crippen LogP contribution in [0.5, 0.6) is 5.75 Å². The van der Waals surface area contributed by atoms with Crippen LogP contribution in [0, 0.1) is 6.92 Å². The normalized spacial score (nSPS) is 11.4. The predicted octanol–water partition coefficient (Wildman–Crippen LogP) is 4.18. The third-order valence-corrected chi connectivity index (χ3v) is 2.92. The Morgan fingerprint density at radius 3 is 2.45 bits per heavy atom. The molecule has 0 aliphatic carbocycles. The third kappa shape index (κ3) is 3.23. The number of benzene rings is 2. The van der Waals surface area contributed by atoms with Crippen molar-refractivity contribution in [2.24, 2.45) is 0 Å². The second kappa shape index (κ2) is 5.45. The summed E-state index contributed by atoms with van der Waals surface area (Å²) in [4.78, 5) is 0. The highest BCUT2D eigenvalue weighted by Gasteiger charge is 2.33. The fourth-order valence-electron chi connectivity index (χ4n) is 1.82. The van der Waals surface area contributed by atoms with E-state index in [0.29, 0.717) is 5.69 Å². The van der Waals surface area contributed by atoms with Crippen LogP contribution in [0.4, 0.5) is 18.9 Å². The number of rotatable bonds is 3.